The van der Waals surface area contributed by atoms with Crippen molar-refractivity contribution in [1.29, 1.82) is 0 Å². The van der Waals surface area contributed by atoms with Crippen molar-refractivity contribution in [2.24, 2.45) is 0 Å². The van der Waals surface area contributed by atoms with Gasteiger partial charge in [0.15, 0.2) is 0 Å². The second-order valence-electron chi connectivity index (χ2n) is 4.88. The number of ether oxygens (including phenoxy) is 3. The number of methoxy groups -OCH3 is 2. The summed E-state index contributed by atoms with van der Waals surface area (Å²) < 4.78 is 16.0. The number of aromatic nitrogens is 2. The number of rotatable bonds is 8. The van der Waals surface area contributed by atoms with E-state index in [1.165, 1.54) is 0 Å². The van der Waals surface area contributed by atoms with Crippen molar-refractivity contribution < 1.29 is 14.2 Å². The summed E-state index contributed by atoms with van der Waals surface area (Å²) >= 11 is 0. The highest BCUT2D eigenvalue weighted by atomic mass is 16.5. The van der Waals surface area contributed by atoms with Crippen LogP contribution in [0.5, 0.6) is 11.8 Å². The lowest BCUT2D eigenvalue weighted by atomic mass is 10.1. The molecule has 1 aliphatic heterocycles. The fraction of sp³-hybridized carbons (Fsp3) is 0.714. The lowest BCUT2D eigenvalue weighted by molar-refractivity contribution is 0.0329. The molecule has 2 heterocycles. The van der Waals surface area contributed by atoms with Crippen LogP contribution in [0.4, 0.5) is 5.95 Å². The standard InChI is InChI=1S/C14H24N4O3/c1-19-12-10-13(20-2)18-14(17-12)16-6-3-9-21-11-4-7-15-8-5-11/h10-11,15H,3-9H2,1-2H3,(H,16,17,18). The van der Waals surface area contributed by atoms with Gasteiger partial charge in [-0.05, 0) is 32.4 Å². The fourth-order valence-corrected chi connectivity index (χ4v) is 2.18. The van der Waals surface area contributed by atoms with Gasteiger partial charge in [0.2, 0.25) is 17.7 Å². The van der Waals surface area contributed by atoms with E-state index in [0.29, 0.717) is 23.8 Å². The van der Waals surface area contributed by atoms with Crippen LogP contribution >= 0.6 is 0 Å². The second kappa shape index (κ2) is 8.63. The van der Waals surface area contributed by atoms with E-state index in [0.717, 1.165) is 45.5 Å². The average Bonchev–Trinajstić information content (AvgIpc) is 2.55. The van der Waals surface area contributed by atoms with Gasteiger partial charge in [0, 0.05) is 13.2 Å². The molecule has 0 amide bonds. The summed E-state index contributed by atoms with van der Waals surface area (Å²) in [5, 5.41) is 6.48. The van der Waals surface area contributed by atoms with Crippen molar-refractivity contribution in [2.75, 3.05) is 45.8 Å². The van der Waals surface area contributed by atoms with Crippen LogP contribution in [0.3, 0.4) is 0 Å². The van der Waals surface area contributed by atoms with Crippen molar-refractivity contribution in [1.82, 2.24) is 15.3 Å². The molecule has 0 radical (unpaired) electrons. The molecule has 1 aromatic rings. The molecular formula is C14H24N4O3. The fourth-order valence-electron chi connectivity index (χ4n) is 2.18. The Bertz CT molecular complexity index is 402. The number of nitrogens with zero attached hydrogens (tertiary/aromatic N) is 2. The minimum Gasteiger partial charge on any atom is -0.481 e. The highest BCUT2D eigenvalue weighted by Crippen LogP contribution is 2.17. The van der Waals surface area contributed by atoms with Crippen molar-refractivity contribution in [3.05, 3.63) is 6.07 Å². The van der Waals surface area contributed by atoms with Crippen molar-refractivity contribution in [2.45, 2.75) is 25.4 Å². The molecular weight excluding hydrogens is 272 g/mol. The van der Waals surface area contributed by atoms with E-state index in [1.54, 1.807) is 20.3 Å². The molecule has 7 heteroatoms. The third-order valence-corrected chi connectivity index (χ3v) is 3.34. The van der Waals surface area contributed by atoms with Crippen LogP contribution in [0.1, 0.15) is 19.3 Å². The van der Waals surface area contributed by atoms with Gasteiger partial charge >= 0.3 is 0 Å². The molecule has 0 bridgehead atoms. The Morgan fingerprint density at radius 1 is 1.19 bits per heavy atom. The summed E-state index contributed by atoms with van der Waals surface area (Å²) in [6, 6.07) is 1.64. The molecule has 1 fully saturated rings. The monoisotopic (exact) mass is 296 g/mol. The van der Waals surface area contributed by atoms with E-state index in [4.69, 9.17) is 14.2 Å². The van der Waals surface area contributed by atoms with E-state index in [-0.39, 0.29) is 0 Å². The number of piperidine rings is 1. The molecule has 0 aliphatic carbocycles. The molecule has 0 aromatic carbocycles. The molecule has 118 valence electrons. The van der Waals surface area contributed by atoms with E-state index in [1.807, 2.05) is 0 Å². The summed E-state index contributed by atoms with van der Waals surface area (Å²) in [5.74, 6) is 1.47. The van der Waals surface area contributed by atoms with Gasteiger partial charge in [0.05, 0.1) is 26.4 Å². The average molecular weight is 296 g/mol. The first-order valence-corrected chi connectivity index (χ1v) is 7.35. The van der Waals surface area contributed by atoms with Crippen LogP contribution in [-0.2, 0) is 4.74 Å². The van der Waals surface area contributed by atoms with Crippen LogP contribution in [0.25, 0.3) is 0 Å². The molecule has 0 atom stereocenters. The molecule has 1 aliphatic rings. The lowest BCUT2D eigenvalue weighted by Gasteiger charge is -2.22. The molecule has 0 unspecified atom stereocenters. The number of nitrogens with one attached hydrogen (secondary N) is 2. The van der Waals surface area contributed by atoms with Gasteiger partial charge < -0.3 is 24.8 Å². The Morgan fingerprint density at radius 3 is 2.48 bits per heavy atom. The molecule has 2 N–H and O–H groups in total. The van der Waals surface area contributed by atoms with Gasteiger partial charge in [0.1, 0.15) is 0 Å². The topological polar surface area (TPSA) is 77.5 Å². The van der Waals surface area contributed by atoms with Crippen LogP contribution in [0.2, 0.25) is 0 Å². The largest absolute Gasteiger partial charge is 0.481 e. The number of hydrogen-bond donors (Lipinski definition) is 2. The van der Waals surface area contributed by atoms with Crippen molar-refractivity contribution in [3.8, 4) is 11.8 Å². The first-order valence-electron chi connectivity index (χ1n) is 7.35. The lowest BCUT2D eigenvalue weighted by Crippen LogP contribution is -2.32. The zero-order chi connectivity index (χ0) is 14.9. The Morgan fingerprint density at radius 2 is 1.86 bits per heavy atom. The quantitative estimate of drug-likeness (QED) is 0.695. The van der Waals surface area contributed by atoms with Crippen molar-refractivity contribution in [3.63, 3.8) is 0 Å². The molecule has 0 saturated carbocycles. The van der Waals surface area contributed by atoms with Gasteiger partial charge in [-0.15, -0.1) is 0 Å². The van der Waals surface area contributed by atoms with Crippen molar-refractivity contribution >= 4 is 5.95 Å². The van der Waals surface area contributed by atoms with Crippen LogP contribution in [0.15, 0.2) is 6.07 Å². The van der Waals surface area contributed by atoms with Gasteiger partial charge in [-0.1, -0.05) is 0 Å². The van der Waals surface area contributed by atoms with Gasteiger partial charge in [-0.25, -0.2) is 0 Å². The smallest absolute Gasteiger partial charge is 0.229 e. The molecule has 21 heavy (non-hydrogen) atoms. The summed E-state index contributed by atoms with van der Waals surface area (Å²) in [6.07, 6.45) is 3.51. The SMILES string of the molecule is COc1cc(OC)nc(NCCCOC2CCNCC2)n1. The Hall–Kier alpha value is -1.60. The Balaban J connectivity index is 1.68. The Labute approximate surface area is 125 Å². The highest BCUT2D eigenvalue weighted by Gasteiger charge is 2.12. The summed E-state index contributed by atoms with van der Waals surface area (Å²) in [4.78, 5) is 8.43. The van der Waals surface area contributed by atoms with E-state index >= 15 is 0 Å². The summed E-state index contributed by atoms with van der Waals surface area (Å²) in [6.45, 7) is 3.61. The first kappa shape index (κ1) is 15.8. The normalized spacial score (nSPS) is 15.7. The van der Waals surface area contributed by atoms with Crippen LogP contribution in [0, 0.1) is 0 Å². The van der Waals surface area contributed by atoms with E-state index in [2.05, 4.69) is 20.6 Å². The summed E-state index contributed by atoms with van der Waals surface area (Å²) in [5.41, 5.74) is 0. The maximum Gasteiger partial charge on any atom is 0.229 e. The van der Waals surface area contributed by atoms with E-state index < -0.39 is 0 Å². The molecule has 0 spiro atoms. The van der Waals surface area contributed by atoms with Gasteiger partial charge in [0.25, 0.3) is 0 Å². The number of anilines is 1. The minimum atomic E-state index is 0.402. The first-order chi connectivity index (χ1) is 10.3. The van der Waals surface area contributed by atoms with E-state index in [9.17, 15) is 0 Å². The summed E-state index contributed by atoms with van der Waals surface area (Å²) in [7, 11) is 3.14. The van der Waals surface area contributed by atoms with Gasteiger partial charge in [-0.3, -0.25) is 0 Å². The maximum absolute atomic E-state index is 5.84. The second-order valence-corrected chi connectivity index (χ2v) is 4.88. The van der Waals surface area contributed by atoms with Crippen LogP contribution < -0.4 is 20.1 Å². The minimum absolute atomic E-state index is 0.402. The van der Waals surface area contributed by atoms with Crippen LogP contribution in [-0.4, -0.2) is 56.5 Å². The third-order valence-electron chi connectivity index (χ3n) is 3.34. The predicted octanol–water partition coefficient (Wildman–Crippen LogP) is 1.06. The zero-order valence-electron chi connectivity index (χ0n) is 12.7. The molecule has 1 saturated heterocycles. The van der Waals surface area contributed by atoms with Gasteiger partial charge in [-0.2, -0.15) is 9.97 Å². The highest BCUT2D eigenvalue weighted by molar-refractivity contribution is 5.33. The Kier molecular flexibility index (Phi) is 6.49. The molecule has 2 rings (SSSR count). The molecule has 1 aromatic heterocycles. The zero-order valence-corrected chi connectivity index (χ0v) is 12.7. The molecule has 7 nitrogen and oxygen atoms in total. The third kappa shape index (κ3) is 5.35. The maximum atomic E-state index is 5.84. The predicted molar refractivity (Wildman–Crippen MR) is 80.1 cm³/mol. The number of hydrogen-bond acceptors (Lipinski definition) is 7.